The number of rotatable bonds is 5. The fourth-order valence-electron chi connectivity index (χ4n) is 3.03. The van der Waals surface area contributed by atoms with E-state index in [2.05, 4.69) is 53.3 Å². The van der Waals surface area contributed by atoms with Gasteiger partial charge >= 0.3 is 0 Å². The molecule has 0 spiro atoms. The highest BCUT2D eigenvalue weighted by Crippen LogP contribution is 2.33. The first-order valence-electron chi connectivity index (χ1n) is 7.70. The van der Waals surface area contributed by atoms with Crippen molar-refractivity contribution in [3.8, 4) is 0 Å². The Balaban J connectivity index is 1.80. The van der Waals surface area contributed by atoms with E-state index in [4.69, 9.17) is 0 Å². The molecule has 0 aliphatic heterocycles. The molecule has 1 fully saturated rings. The molecule has 1 saturated carbocycles. The lowest BCUT2D eigenvalue weighted by Crippen LogP contribution is -2.43. The highest BCUT2D eigenvalue weighted by atomic mass is 79.9. The third kappa shape index (κ3) is 4.31. The van der Waals surface area contributed by atoms with Gasteiger partial charge < -0.3 is 10.4 Å². The summed E-state index contributed by atoms with van der Waals surface area (Å²) in [6, 6.07) is 6.41. The van der Waals surface area contributed by atoms with Crippen LogP contribution in [0.3, 0.4) is 0 Å². The molecule has 20 heavy (non-hydrogen) atoms. The van der Waals surface area contributed by atoms with Gasteiger partial charge in [0.1, 0.15) is 0 Å². The van der Waals surface area contributed by atoms with Gasteiger partial charge in [0, 0.05) is 17.6 Å². The average Bonchev–Trinajstić information content (AvgIpc) is 2.42. The molecule has 1 aromatic carbocycles. The number of benzene rings is 1. The van der Waals surface area contributed by atoms with Gasteiger partial charge in [-0.15, -0.1) is 0 Å². The molecule has 0 aromatic heterocycles. The molecule has 0 unspecified atom stereocenters. The van der Waals surface area contributed by atoms with E-state index in [1.54, 1.807) is 0 Å². The first-order chi connectivity index (χ1) is 9.52. The fourth-order valence-corrected chi connectivity index (χ4v) is 3.66. The summed E-state index contributed by atoms with van der Waals surface area (Å²) in [5.41, 5.74) is 2.02. The predicted molar refractivity (Wildman–Crippen MR) is 87.8 cm³/mol. The van der Waals surface area contributed by atoms with Crippen LogP contribution in [0.1, 0.15) is 50.2 Å². The zero-order valence-corrected chi connectivity index (χ0v) is 14.2. The second-order valence-electron chi connectivity index (χ2n) is 6.27. The fraction of sp³-hybridized carbons (Fsp3) is 0.647. The van der Waals surface area contributed by atoms with E-state index in [1.807, 2.05) is 0 Å². The summed E-state index contributed by atoms with van der Waals surface area (Å²) in [7, 11) is 0. The molecule has 3 heteroatoms. The summed E-state index contributed by atoms with van der Waals surface area (Å²) in [6.45, 7) is 5.85. The van der Waals surface area contributed by atoms with Gasteiger partial charge in [-0.2, -0.15) is 0 Å². The van der Waals surface area contributed by atoms with Crippen molar-refractivity contribution in [1.29, 1.82) is 0 Å². The van der Waals surface area contributed by atoms with Crippen LogP contribution in [0, 0.1) is 12.8 Å². The maximum atomic E-state index is 10.6. The lowest BCUT2D eigenvalue weighted by atomic mass is 9.78. The van der Waals surface area contributed by atoms with Crippen molar-refractivity contribution in [1.82, 2.24) is 5.32 Å². The minimum absolute atomic E-state index is 0.497. The van der Waals surface area contributed by atoms with Gasteiger partial charge in [-0.05, 0) is 55.7 Å². The third-order valence-corrected chi connectivity index (χ3v) is 5.33. The van der Waals surface area contributed by atoms with E-state index >= 15 is 0 Å². The number of hydrogen-bond acceptors (Lipinski definition) is 2. The third-order valence-electron chi connectivity index (χ3n) is 4.59. The Morgan fingerprint density at radius 1 is 1.35 bits per heavy atom. The minimum atomic E-state index is -0.497. The number of halogens is 1. The largest absolute Gasteiger partial charge is 0.389 e. The van der Waals surface area contributed by atoms with E-state index in [0.717, 1.165) is 29.8 Å². The van der Waals surface area contributed by atoms with Gasteiger partial charge in [-0.25, -0.2) is 0 Å². The van der Waals surface area contributed by atoms with Gasteiger partial charge in [0.05, 0.1) is 5.60 Å². The van der Waals surface area contributed by atoms with Crippen LogP contribution in [-0.2, 0) is 6.54 Å². The van der Waals surface area contributed by atoms with E-state index < -0.39 is 5.60 Å². The summed E-state index contributed by atoms with van der Waals surface area (Å²) < 4.78 is 1.15. The van der Waals surface area contributed by atoms with Crippen molar-refractivity contribution in [3.05, 3.63) is 33.8 Å². The first kappa shape index (κ1) is 16.0. The molecule has 2 N–H and O–H groups in total. The Morgan fingerprint density at radius 3 is 2.65 bits per heavy atom. The van der Waals surface area contributed by atoms with Crippen LogP contribution in [0.2, 0.25) is 0 Å². The second kappa shape index (κ2) is 7.06. The minimum Gasteiger partial charge on any atom is -0.389 e. The Bertz CT molecular complexity index is 439. The van der Waals surface area contributed by atoms with Gasteiger partial charge in [-0.1, -0.05) is 41.4 Å². The number of nitrogens with one attached hydrogen (secondary N) is 1. The second-order valence-corrected chi connectivity index (χ2v) is 7.13. The van der Waals surface area contributed by atoms with Crippen LogP contribution in [0.5, 0.6) is 0 Å². The molecule has 1 aromatic rings. The van der Waals surface area contributed by atoms with Crippen LogP contribution in [0.25, 0.3) is 0 Å². The van der Waals surface area contributed by atoms with Crippen LogP contribution < -0.4 is 5.32 Å². The molecule has 0 atom stereocenters. The summed E-state index contributed by atoms with van der Waals surface area (Å²) >= 11 is 3.60. The Morgan fingerprint density at radius 2 is 2.05 bits per heavy atom. The average molecular weight is 340 g/mol. The molecule has 0 amide bonds. The quantitative estimate of drug-likeness (QED) is 0.843. The summed E-state index contributed by atoms with van der Waals surface area (Å²) in [4.78, 5) is 0. The number of hydrogen-bond donors (Lipinski definition) is 2. The maximum Gasteiger partial charge on any atom is 0.0771 e. The smallest absolute Gasteiger partial charge is 0.0771 e. The van der Waals surface area contributed by atoms with Crippen LogP contribution >= 0.6 is 15.9 Å². The zero-order valence-electron chi connectivity index (χ0n) is 12.6. The Kier molecular flexibility index (Phi) is 5.65. The normalized spacial score (nSPS) is 26.7. The van der Waals surface area contributed by atoms with Crippen LogP contribution in [0.4, 0.5) is 0 Å². The molecule has 2 rings (SSSR count). The van der Waals surface area contributed by atoms with Crippen molar-refractivity contribution in [2.75, 3.05) is 6.54 Å². The van der Waals surface area contributed by atoms with E-state index in [-0.39, 0.29) is 0 Å². The van der Waals surface area contributed by atoms with Crippen molar-refractivity contribution in [2.45, 2.75) is 58.1 Å². The van der Waals surface area contributed by atoms with Crippen molar-refractivity contribution in [3.63, 3.8) is 0 Å². The summed E-state index contributed by atoms with van der Waals surface area (Å²) in [6.07, 6.45) is 5.47. The number of aryl methyl sites for hydroxylation is 1. The predicted octanol–water partition coefficient (Wildman–Crippen LogP) is 4.18. The molecule has 0 radical (unpaired) electrons. The van der Waals surface area contributed by atoms with Crippen LogP contribution in [0.15, 0.2) is 22.7 Å². The highest BCUT2D eigenvalue weighted by molar-refractivity contribution is 9.10. The monoisotopic (exact) mass is 339 g/mol. The molecule has 112 valence electrons. The van der Waals surface area contributed by atoms with Crippen molar-refractivity contribution < 1.29 is 5.11 Å². The lowest BCUT2D eigenvalue weighted by Gasteiger charge is -2.36. The molecular formula is C17H26BrNO. The summed E-state index contributed by atoms with van der Waals surface area (Å²) in [5.74, 6) is 0.821. The molecular weight excluding hydrogens is 314 g/mol. The molecule has 0 heterocycles. The number of aliphatic hydroxyl groups is 1. The van der Waals surface area contributed by atoms with Gasteiger partial charge in [0.15, 0.2) is 0 Å². The molecule has 0 saturated heterocycles. The van der Waals surface area contributed by atoms with E-state index in [9.17, 15) is 5.11 Å². The van der Waals surface area contributed by atoms with E-state index in [0.29, 0.717) is 6.54 Å². The lowest BCUT2D eigenvalue weighted by molar-refractivity contribution is -0.00881. The van der Waals surface area contributed by atoms with Crippen molar-refractivity contribution >= 4 is 15.9 Å². The Labute approximate surface area is 131 Å². The van der Waals surface area contributed by atoms with Crippen molar-refractivity contribution in [2.24, 2.45) is 5.92 Å². The first-order valence-corrected chi connectivity index (χ1v) is 8.50. The molecule has 1 aliphatic rings. The molecule has 0 bridgehead atoms. The van der Waals surface area contributed by atoms with Gasteiger partial charge in [0.2, 0.25) is 0 Å². The maximum absolute atomic E-state index is 10.6. The zero-order chi connectivity index (χ0) is 14.6. The summed E-state index contributed by atoms with van der Waals surface area (Å²) in [5, 5.41) is 14.0. The SMILES string of the molecule is CCC1CCC(O)(CNCc2ccc(C)cc2Br)CC1. The van der Waals surface area contributed by atoms with Gasteiger partial charge in [-0.3, -0.25) is 0 Å². The standard InChI is InChI=1S/C17H26BrNO/c1-3-14-6-8-17(20,9-7-14)12-19-11-15-5-4-13(2)10-16(15)18/h4-5,10,14,19-20H,3,6-9,11-12H2,1-2H3. The van der Waals surface area contributed by atoms with Gasteiger partial charge in [0.25, 0.3) is 0 Å². The van der Waals surface area contributed by atoms with E-state index in [1.165, 1.54) is 30.4 Å². The molecule has 2 nitrogen and oxygen atoms in total. The Hall–Kier alpha value is -0.380. The highest BCUT2D eigenvalue weighted by Gasteiger charge is 2.32. The molecule has 1 aliphatic carbocycles. The topological polar surface area (TPSA) is 32.3 Å². The van der Waals surface area contributed by atoms with Crippen LogP contribution in [-0.4, -0.2) is 17.3 Å².